The fourth-order valence-electron chi connectivity index (χ4n) is 2.09. The van der Waals surface area contributed by atoms with E-state index in [1.54, 1.807) is 23.1 Å². The minimum absolute atomic E-state index is 0.0116. The Morgan fingerprint density at radius 2 is 1.77 bits per heavy atom. The number of rotatable bonds is 6. The summed E-state index contributed by atoms with van der Waals surface area (Å²) in [6.07, 6.45) is 1.62. The van der Waals surface area contributed by atoms with E-state index in [1.165, 1.54) is 28.5 Å². The van der Waals surface area contributed by atoms with Crippen molar-refractivity contribution in [3.8, 4) is 11.8 Å². The molecule has 8 heteroatoms. The molecule has 0 aliphatic rings. The van der Waals surface area contributed by atoms with Crippen LogP contribution >= 0.6 is 21.6 Å². The Morgan fingerprint density at radius 1 is 1.08 bits per heavy atom. The van der Waals surface area contributed by atoms with Gasteiger partial charge in [-0.25, -0.2) is 9.78 Å². The second-order valence-electron chi connectivity index (χ2n) is 5.47. The lowest BCUT2D eigenvalue weighted by Gasteiger charge is -2.07. The highest BCUT2D eigenvalue weighted by atomic mass is 33.1. The van der Waals surface area contributed by atoms with Crippen LogP contribution < -0.4 is 4.84 Å². The minimum Gasteiger partial charge on any atom is -0.492 e. The van der Waals surface area contributed by atoms with E-state index in [1.807, 2.05) is 25.1 Å². The summed E-state index contributed by atoms with van der Waals surface area (Å²) in [5, 5.41) is 19.8. The van der Waals surface area contributed by atoms with Crippen molar-refractivity contribution in [3.05, 3.63) is 65.9 Å². The molecule has 0 saturated heterocycles. The molecule has 0 bridgehead atoms. The van der Waals surface area contributed by atoms with E-state index < -0.39 is 5.97 Å². The Balaban J connectivity index is 1.60. The molecule has 26 heavy (non-hydrogen) atoms. The van der Waals surface area contributed by atoms with Gasteiger partial charge in [0.1, 0.15) is 5.03 Å². The maximum atomic E-state index is 12.0. The number of nitrogens with zero attached hydrogens (tertiary/aromatic N) is 2. The van der Waals surface area contributed by atoms with Crippen LogP contribution in [0.1, 0.15) is 11.1 Å². The lowest BCUT2D eigenvalue weighted by molar-refractivity contribution is -0.144. The number of aryl methyl sites for hydroxylation is 1. The van der Waals surface area contributed by atoms with Gasteiger partial charge in [-0.05, 0) is 47.5 Å². The first kappa shape index (κ1) is 18.2. The number of pyridine rings is 1. The van der Waals surface area contributed by atoms with E-state index in [2.05, 4.69) is 17.1 Å². The van der Waals surface area contributed by atoms with E-state index in [9.17, 15) is 15.0 Å². The molecule has 0 aliphatic heterocycles. The SMILES string of the molecule is Cc1ccc(SSc2cc(CC(=O)On3c(O)ccc3O)ccn2)cc1. The predicted octanol–water partition coefficient (Wildman–Crippen LogP) is 3.60. The number of carbonyl (C=O) groups is 1. The highest BCUT2D eigenvalue weighted by Gasteiger charge is 2.13. The van der Waals surface area contributed by atoms with Gasteiger partial charge < -0.3 is 15.1 Å². The number of aromatic nitrogens is 2. The van der Waals surface area contributed by atoms with Crippen molar-refractivity contribution in [1.82, 2.24) is 9.71 Å². The molecule has 0 unspecified atom stereocenters. The first-order valence-electron chi connectivity index (χ1n) is 7.68. The third-order valence-electron chi connectivity index (χ3n) is 3.38. The van der Waals surface area contributed by atoms with Gasteiger partial charge in [0.05, 0.1) is 6.42 Å². The highest BCUT2D eigenvalue weighted by molar-refractivity contribution is 8.76. The molecule has 1 aromatic carbocycles. The van der Waals surface area contributed by atoms with Crippen LogP contribution in [-0.4, -0.2) is 25.9 Å². The van der Waals surface area contributed by atoms with E-state index in [4.69, 9.17) is 4.84 Å². The summed E-state index contributed by atoms with van der Waals surface area (Å²) in [5.74, 6) is -1.31. The summed E-state index contributed by atoms with van der Waals surface area (Å²) in [7, 11) is 3.08. The van der Waals surface area contributed by atoms with Crippen LogP contribution in [0.5, 0.6) is 11.8 Å². The van der Waals surface area contributed by atoms with E-state index >= 15 is 0 Å². The molecular weight excluding hydrogens is 372 g/mol. The van der Waals surface area contributed by atoms with Crippen molar-refractivity contribution >= 4 is 27.6 Å². The molecule has 2 heterocycles. The molecular formula is C18H16N2O4S2. The maximum Gasteiger partial charge on any atom is 0.337 e. The third-order valence-corrected chi connectivity index (χ3v) is 5.66. The number of carbonyl (C=O) groups excluding carboxylic acids is 1. The van der Waals surface area contributed by atoms with Crippen molar-refractivity contribution < 1.29 is 19.8 Å². The van der Waals surface area contributed by atoms with Gasteiger partial charge in [0.2, 0.25) is 11.8 Å². The Kier molecular flexibility index (Phi) is 5.75. The summed E-state index contributed by atoms with van der Waals surface area (Å²) < 4.78 is 0.673. The fraction of sp³-hybridized carbons (Fsp3) is 0.111. The van der Waals surface area contributed by atoms with Gasteiger partial charge in [0, 0.05) is 23.2 Å². The summed E-state index contributed by atoms with van der Waals surface area (Å²) >= 11 is 0. The van der Waals surface area contributed by atoms with Crippen molar-refractivity contribution in [3.63, 3.8) is 0 Å². The molecule has 0 spiro atoms. The van der Waals surface area contributed by atoms with Crippen LogP contribution in [0.4, 0.5) is 0 Å². The number of aromatic hydroxyl groups is 2. The molecule has 6 nitrogen and oxygen atoms in total. The lowest BCUT2D eigenvalue weighted by Crippen LogP contribution is -2.20. The standard InChI is InChI=1S/C18H16N2O4S2/c1-12-2-4-14(5-3-12)25-26-15-10-13(8-9-19-15)11-18(23)24-20-16(21)6-7-17(20)22/h2-10,21-22H,11H2,1H3. The molecule has 2 N–H and O–H groups in total. The Hall–Kier alpha value is -2.58. The van der Waals surface area contributed by atoms with Crippen molar-refractivity contribution in [2.75, 3.05) is 0 Å². The first-order valence-corrected chi connectivity index (χ1v) is 9.83. The smallest absolute Gasteiger partial charge is 0.337 e. The second kappa shape index (κ2) is 8.20. The molecule has 0 aliphatic carbocycles. The number of hydrogen-bond acceptors (Lipinski definition) is 7. The van der Waals surface area contributed by atoms with Crippen LogP contribution in [-0.2, 0) is 11.2 Å². The fourth-order valence-corrected chi connectivity index (χ4v) is 3.97. The van der Waals surface area contributed by atoms with Gasteiger partial charge in [-0.3, -0.25) is 0 Å². The molecule has 0 fully saturated rings. The van der Waals surface area contributed by atoms with E-state index in [0.717, 1.165) is 15.5 Å². The Labute approximate surface area is 158 Å². The summed E-state index contributed by atoms with van der Waals surface area (Å²) in [5.41, 5.74) is 1.93. The summed E-state index contributed by atoms with van der Waals surface area (Å²) in [4.78, 5) is 22.4. The monoisotopic (exact) mass is 388 g/mol. The molecule has 0 atom stereocenters. The van der Waals surface area contributed by atoms with Gasteiger partial charge in [-0.2, -0.15) is 0 Å². The topological polar surface area (TPSA) is 84.6 Å². The van der Waals surface area contributed by atoms with Gasteiger partial charge in [-0.1, -0.05) is 28.5 Å². The largest absolute Gasteiger partial charge is 0.492 e. The van der Waals surface area contributed by atoms with Gasteiger partial charge >= 0.3 is 5.97 Å². The van der Waals surface area contributed by atoms with Crippen LogP contribution in [0.3, 0.4) is 0 Å². The zero-order valence-electron chi connectivity index (χ0n) is 13.8. The summed E-state index contributed by atoms with van der Waals surface area (Å²) in [6.45, 7) is 2.04. The molecule has 2 aromatic heterocycles. The molecule has 0 radical (unpaired) electrons. The Morgan fingerprint density at radius 3 is 2.46 bits per heavy atom. The molecule has 3 aromatic rings. The van der Waals surface area contributed by atoms with Gasteiger partial charge in [-0.15, -0.1) is 4.73 Å². The van der Waals surface area contributed by atoms with Crippen LogP contribution in [0.2, 0.25) is 0 Å². The van der Waals surface area contributed by atoms with Crippen molar-refractivity contribution in [1.29, 1.82) is 0 Å². The highest BCUT2D eigenvalue weighted by Crippen LogP contribution is 2.36. The van der Waals surface area contributed by atoms with E-state index in [0.29, 0.717) is 4.73 Å². The Bertz CT molecular complexity index is 890. The molecule has 0 amide bonds. The van der Waals surface area contributed by atoms with Gasteiger partial charge in [0.25, 0.3) is 0 Å². The second-order valence-corrected chi connectivity index (χ2v) is 7.69. The number of benzene rings is 1. The molecule has 0 saturated carbocycles. The normalized spacial score (nSPS) is 10.7. The average Bonchev–Trinajstić information content (AvgIpc) is 2.93. The first-order chi connectivity index (χ1) is 12.5. The number of hydrogen-bond donors (Lipinski definition) is 2. The average molecular weight is 388 g/mol. The quantitative estimate of drug-likeness (QED) is 0.624. The minimum atomic E-state index is -0.611. The molecule has 134 valence electrons. The van der Waals surface area contributed by atoms with Crippen LogP contribution in [0.15, 0.2) is 64.6 Å². The summed E-state index contributed by atoms with van der Waals surface area (Å²) in [6, 6.07) is 14.2. The van der Waals surface area contributed by atoms with Gasteiger partial charge in [0.15, 0.2) is 0 Å². The maximum absolute atomic E-state index is 12.0. The van der Waals surface area contributed by atoms with E-state index in [-0.39, 0.29) is 18.2 Å². The zero-order valence-corrected chi connectivity index (χ0v) is 15.5. The molecule has 3 rings (SSSR count). The van der Waals surface area contributed by atoms with Crippen molar-refractivity contribution in [2.45, 2.75) is 23.3 Å². The van der Waals surface area contributed by atoms with Crippen molar-refractivity contribution in [2.24, 2.45) is 0 Å². The third kappa shape index (κ3) is 4.74. The lowest BCUT2D eigenvalue weighted by atomic mass is 10.2. The zero-order chi connectivity index (χ0) is 18.5. The van der Waals surface area contributed by atoms with Crippen LogP contribution in [0, 0.1) is 6.92 Å². The van der Waals surface area contributed by atoms with Crippen LogP contribution in [0.25, 0.3) is 0 Å². The predicted molar refractivity (Wildman–Crippen MR) is 100 cm³/mol.